The van der Waals surface area contributed by atoms with E-state index in [1.807, 2.05) is 0 Å². The molecule has 0 bridgehead atoms. The first-order chi connectivity index (χ1) is 37.6. The first-order valence-corrected chi connectivity index (χ1v) is 32.1. The van der Waals surface area contributed by atoms with E-state index in [0.717, 1.165) is 103 Å². The van der Waals surface area contributed by atoms with E-state index in [1.165, 1.54) is 167 Å². The standard InChI is InChI=1S/C71H120O5/c1-3-5-7-9-11-13-15-17-19-21-23-25-27-29-30-31-32-33-34-35-36-37-38-39-40-42-44-46-48-50-52-54-56-58-60-62-64-66-71(74)76-69(67-72)68-75-70(73)65-63-61-59-57-55-53-51-49-47-45-43-41-28-26-24-22-20-18-16-14-12-10-8-6-4-2/h5,7,11,13,17,19,22-25,29-30,32-33,35-36,38-39,42,44,69,72H,3-4,6,8-10,12,14-16,18,20-21,26-28,31,34,37,40-41,43,45-68H2,1-2H3/b7-5-,13-11-,19-17-,24-22-,25-23-,30-29-,33-32-,36-35-,39-38-,44-42-. The Morgan fingerprint density at radius 1 is 0.316 bits per heavy atom. The number of rotatable bonds is 58. The molecule has 0 radical (unpaired) electrons. The third kappa shape index (κ3) is 62.8. The van der Waals surface area contributed by atoms with Crippen molar-refractivity contribution in [2.24, 2.45) is 0 Å². The summed E-state index contributed by atoms with van der Waals surface area (Å²) < 4.78 is 10.7. The summed E-state index contributed by atoms with van der Waals surface area (Å²) >= 11 is 0. The van der Waals surface area contributed by atoms with E-state index in [1.54, 1.807) is 0 Å². The first-order valence-electron chi connectivity index (χ1n) is 32.1. The average Bonchev–Trinajstić information content (AvgIpc) is 3.42. The molecule has 5 heteroatoms. The molecule has 0 fully saturated rings. The monoisotopic (exact) mass is 1050 g/mol. The molecular formula is C71H120O5. The van der Waals surface area contributed by atoms with Gasteiger partial charge in [0.05, 0.1) is 6.61 Å². The SMILES string of the molecule is CC/C=C\C/C=C\C/C=C\C/C=C\C/C=C\C/C=C\C/C=C\C/C=C\C/C=C\CCCCCCCCCCCC(=O)OC(CO)COC(=O)CCCCCCCCCCCCCCC/C=C\CCCCCCCCCC. The van der Waals surface area contributed by atoms with E-state index in [9.17, 15) is 14.7 Å². The molecule has 434 valence electrons. The molecule has 0 aliphatic carbocycles. The van der Waals surface area contributed by atoms with Crippen LogP contribution in [0.5, 0.6) is 0 Å². The molecule has 1 N–H and O–H groups in total. The zero-order valence-corrected chi connectivity index (χ0v) is 49.7. The number of aliphatic hydroxyl groups is 1. The van der Waals surface area contributed by atoms with Crippen molar-refractivity contribution in [1.82, 2.24) is 0 Å². The van der Waals surface area contributed by atoms with Gasteiger partial charge in [-0.05, 0) is 109 Å². The zero-order valence-electron chi connectivity index (χ0n) is 49.7. The molecule has 0 aliphatic rings. The first kappa shape index (κ1) is 72.3. The average molecular weight is 1050 g/mol. The van der Waals surface area contributed by atoms with E-state index in [4.69, 9.17) is 9.47 Å². The molecule has 0 amide bonds. The fourth-order valence-electron chi connectivity index (χ4n) is 8.96. The summed E-state index contributed by atoms with van der Waals surface area (Å²) in [6.45, 7) is 4.04. The third-order valence-electron chi connectivity index (χ3n) is 13.7. The molecule has 0 spiro atoms. The lowest BCUT2D eigenvalue weighted by Crippen LogP contribution is -2.28. The predicted octanol–water partition coefficient (Wildman–Crippen LogP) is 22.2. The highest BCUT2D eigenvalue weighted by Gasteiger charge is 2.16. The highest BCUT2D eigenvalue weighted by atomic mass is 16.6. The van der Waals surface area contributed by atoms with Crippen LogP contribution in [-0.2, 0) is 19.1 Å². The number of allylic oxidation sites excluding steroid dienone is 20. The molecule has 0 rings (SSSR count). The lowest BCUT2D eigenvalue weighted by atomic mass is 10.0. The molecule has 5 nitrogen and oxygen atoms in total. The van der Waals surface area contributed by atoms with Gasteiger partial charge in [0.2, 0.25) is 0 Å². The van der Waals surface area contributed by atoms with Gasteiger partial charge in [0.1, 0.15) is 6.61 Å². The zero-order chi connectivity index (χ0) is 54.8. The van der Waals surface area contributed by atoms with Crippen LogP contribution in [0.4, 0.5) is 0 Å². The van der Waals surface area contributed by atoms with Gasteiger partial charge in [0.15, 0.2) is 6.10 Å². The van der Waals surface area contributed by atoms with E-state index in [0.29, 0.717) is 12.8 Å². The maximum Gasteiger partial charge on any atom is 0.306 e. The lowest BCUT2D eigenvalue weighted by molar-refractivity contribution is -0.161. The van der Waals surface area contributed by atoms with Crippen molar-refractivity contribution in [3.05, 3.63) is 122 Å². The number of carbonyl (C=O) groups excluding carboxylic acids is 2. The molecule has 0 aromatic heterocycles. The molecule has 0 aromatic rings. The van der Waals surface area contributed by atoms with Gasteiger partial charge in [-0.25, -0.2) is 0 Å². The number of ether oxygens (including phenoxy) is 2. The summed E-state index contributed by atoms with van der Waals surface area (Å²) in [6.07, 6.45) is 96.2. The van der Waals surface area contributed by atoms with Gasteiger partial charge in [-0.3, -0.25) is 9.59 Å². The van der Waals surface area contributed by atoms with Crippen LogP contribution in [0.25, 0.3) is 0 Å². The summed E-state index contributed by atoms with van der Waals surface area (Å²) in [6, 6.07) is 0. The van der Waals surface area contributed by atoms with Crippen molar-refractivity contribution in [2.75, 3.05) is 13.2 Å². The lowest BCUT2D eigenvalue weighted by Gasteiger charge is -2.15. The van der Waals surface area contributed by atoms with Gasteiger partial charge < -0.3 is 14.6 Å². The second kappa shape index (κ2) is 65.6. The van der Waals surface area contributed by atoms with E-state index in [-0.39, 0.29) is 25.2 Å². The van der Waals surface area contributed by atoms with E-state index < -0.39 is 6.10 Å². The van der Waals surface area contributed by atoms with Crippen molar-refractivity contribution in [3.8, 4) is 0 Å². The van der Waals surface area contributed by atoms with Gasteiger partial charge in [-0.1, -0.05) is 296 Å². The largest absolute Gasteiger partial charge is 0.462 e. The molecule has 0 heterocycles. The number of hydrogen-bond acceptors (Lipinski definition) is 5. The normalized spacial score (nSPS) is 13.0. The fraction of sp³-hybridized carbons (Fsp3) is 0.690. The van der Waals surface area contributed by atoms with Crippen molar-refractivity contribution in [1.29, 1.82) is 0 Å². The Kier molecular flexibility index (Phi) is 62.4. The topological polar surface area (TPSA) is 72.8 Å². The summed E-state index contributed by atoms with van der Waals surface area (Å²) in [4.78, 5) is 24.6. The van der Waals surface area contributed by atoms with Crippen LogP contribution in [0.15, 0.2) is 122 Å². The Bertz CT molecular complexity index is 1520. The minimum Gasteiger partial charge on any atom is -0.462 e. The van der Waals surface area contributed by atoms with Crippen LogP contribution in [0.2, 0.25) is 0 Å². The summed E-state index contributed by atoms with van der Waals surface area (Å²) in [5.74, 6) is -0.595. The second-order valence-corrected chi connectivity index (χ2v) is 21.1. The van der Waals surface area contributed by atoms with Crippen molar-refractivity contribution >= 4 is 11.9 Å². The van der Waals surface area contributed by atoms with Crippen LogP contribution in [0.1, 0.15) is 296 Å². The highest BCUT2D eigenvalue weighted by Crippen LogP contribution is 2.16. The Labute approximate surface area is 471 Å². The van der Waals surface area contributed by atoms with Gasteiger partial charge in [-0.2, -0.15) is 0 Å². The minimum atomic E-state index is -0.783. The van der Waals surface area contributed by atoms with Gasteiger partial charge in [0, 0.05) is 12.8 Å². The third-order valence-corrected chi connectivity index (χ3v) is 13.7. The van der Waals surface area contributed by atoms with E-state index in [2.05, 4.69) is 135 Å². The molecule has 1 atom stereocenters. The van der Waals surface area contributed by atoms with Crippen molar-refractivity contribution < 1.29 is 24.2 Å². The van der Waals surface area contributed by atoms with Crippen LogP contribution in [0.3, 0.4) is 0 Å². The van der Waals surface area contributed by atoms with Crippen LogP contribution in [-0.4, -0.2) is 36.4 Å². The number of hydrogen-bond donors (Lipinski definition) is 1. The Morgan fingerprint density at radius 3 is 0.868 bits per heavy atom. The molecule has 76 heavy (non-hydrogen) atoms. The number of aliphatic hydroxyl groups excluding tert-OH is 1. The minimum absolute atomic E-state index is 0.0722. The van der Waals surface area contributed by atoms with Crippen LogP contribution < -0.4 is 0 Å². The fourth-order valence-corrected chi connectivity index (χ4v) is 8.96. The van der Waals surface area contributed by atoms with Crippen LogP contribution >= 0.6 is 0 Å². The number of carbonyl (C=O) groups is 2. The highest BCUT2D eigenvalue weighted by molar-refractivity contribution is 5.70. The van der Waals surface area contributed by atoms with Gasteiger partial charge in [0.25, 0.3) is 0 Å². The summed E-state index contributed by atoms with van der Waals surface area (Å²) in [5, 5.41) is 9.68. The Balaban J connectivity index is 3.55. The number of unbranched alkanes of at least 4 members (excludes halogenated alkanes) is 30. The summed E-state index contributed by atoms with van der Waals surface area (Å²) in [7, 11) is 0. The van der Waals surface area contributed by atoms with Crippen LogP contribution in [0, 0.1) is 0 Å². The van der Waals surface area contributed by atoms with E-state index >= 15 is 0 Å². The quantitative estimate of drug-likeness (QED) is 0.0373. The Hall–Kier alpha value is -3.70. The number of esters is 2. The smallest absolute Gasteiger partial charge is 0.306 e. The van der Waals surface area contributed by atoms with Gasteiger partial charge in [-0.15, -0.1) is 0 Å². The molecule has 0 saturated carbocycles. The molecule has 0 aliphatic heterocycles. The van der Waals surface area contributed by atoms with Gasteiger partial charge >= 0.3 is 11.9 Å². The summed E-state index contributed by atoms with van der Waals surface area (Å²) in [5.41, 5.74) is 0. The second-order valence-electron chi connectivity index (χ2n) is 21.1. The molecule has 1 unspecified atom stereocenters. The molecule has 0 saturated heterocycles. The maximum absolute atomic E-state index is 12.3. The maximum atomic E-state index is 12.3. The molecule has 0 aromatic carbocycles. The molecular weight excluding hydrogens is 933 g/mol. The van der Waals surface area contributed by atoms with Crippen molar-refractivity contribution in [2.45, 2.75) is 302 Å². The Morgan fingerprint density at radius 2 is 0.566 bits per heavy atom. The van der Waals surface area contributed by atoms with Crippen molar-refractivity contribution in [3.63, 3.8) is 0 Å². The predicted molar refractivity (Wildman–Crippen MR) is 334 cm³/mol.